The summed E-state index contributed by atoms with van der Waals surface area (Å²) >= 11 is 6.19. The van der Waals surface area contributed by atoms with E-state index in [1.807, 2.05) is 0 Å². The van der Waals surface area contributed by atoms with Crippen molar-refractivity contribution in [2.75, 3.05) is 13.7 Å². The molecule has 2 bridgehead atoms. The normalized spacial score (nSPS) is 37.2. The van der Waals surface area contributed by atoms with Crippen molar-refractivity contribution < 1.29 is 9.53 Å². The first-order valence-corrected chi connectivity index (χ1v) is 7.84. The van der Waals surface area contributed by atoms with E-state index >= 15 is 0 Å². The Hall–Kier alpha value is -0.870. The van der Waals surface area contributed by atoms with Gasteiger partial charge in [-0.05, 0) is 42.9 Å². The lowest BCUT2D eigenvalue weighted by molar-refractivity contribution is 0.0930. The van der Waals surface area contributed by atoms with Crippen molar-refractivity contribution in [2.45, 2.75) is 25.8 Å². The summed E-state index contributed by atoms with van der Waals surface area (Å²) in [5.74, 6) is 3.32. The van der Waals surface area contributed by atoms with Crippen molar-refractivity contribution in [1.29, 1.82) is 0 Å². The molecule has 0 spiro atoms. The minimum Gasteiger partial charge on any atom is -0.383 e. The molecule has 5 heteroatoms. The zero-order chi connectivity index (χ0) is 13.9. The van der Waals surface area contributed by atoms with Gasteiger partial charge in [-0.1, -0.05) is 11.6 Å². The van der Waals surface area contributed by atoms with Crippen LogP contribution >= 0.6 is 11.6 Å². The second-order valence-electron chi connectivity index (χ2n) is 6.44. The Balaban J connectivity index is 1.56. The molecule has 1 aromatic heterocycles. The summed E-state index contributed by atoms with van der Waals surface area (Å²) in [5, 5.41) is 4.71. The van der Waals surface area contributed by atoms with Gasteiger partial charge in [-0.3, -0.25) is 9.48 Å². The van der Waals surface area contributed by atoms with Gasteiger partial charge in [0.1, 0.15) is 5.69 Å². The first-order chi connectivity index (χ1) is 9.72. The number of hydrogen-bond donors (Lipinski definition) is 0. The first kappa shape index (κ1) is 12.8. The number of hydrogen-bond acceptors (Lipinski definition) is 3. The summed E-state index contributed by atoms with van der Waals surface area (Å²) < 4.78 is 6.78. The number of carbonyl (C=O) groups is 1. The molecule has 0 N–H and O–H groups in total. The second kappa shape index (κ2) is 4.57. The fourth-order valence-corrected chi connectivity index (χ4v) is 5.02. The van der Waals surface area contributed by atoms with Crippen LogP contribution in [-0.2, 0) is 11.3 Å². The van der Waals surface area contributed by atoms with Gasteiger partial charge < -0.3 is 4.74 Å². The van der Waals surface area contributed by atoms with Crippen molar-refractivity contribution in [1.82, 2.24) is 9.78 Å². The fraction of sp³-hybridized carbons (Fsp3) is 0.733. The molecule has 1 heterocycles. The van der Waals surface area contributed by atoms with Crippen molar-refractivity contribution in [2.24, 2.45) is 29.6 Å². The molecule has 0 aliphatic heterocycles. The maximum atomic E-state index is 12.8. The number of ether oxygens (including phenoxy) is 1. The molecular formula is C15H19ClN2O2. The monoisotopic (exact) mass is 294 g/mol. The molecule has 4 nitrogen and oxygen atoms in total. The number of aromatic nitrogens is 2. The largest absolute Gasteiger partial charge is 0.383 e. The smallest absolute Gasteiger partial charge is 0.186 e. The molecule has 3 fully saturated rings. The van der Waals surface area contributed by atoms with Gasteiger partial charge in [0.15, 0.2) is 5.78 Å². The third-order valence-electron chi connectivity index (χ3n) is 5.57. The molecule has 3 aliphatic carbocycles. The summed E-state index contributed by atoms with van der Waals surface area (Å²) in [4.78, 5) is 12.8. The lowest BCUT2D eigenvalue weighted by Gasteiger charge is -2.10. The SMILES string of the molecule is COCCn1ncc(Cl)c1C(=O)C1C2C3CCC(C3)C12. The highest BCUT2D eigenvalue weighted by Crippen LogP contribution is 2.70. The van der Waals surface area contributed by atoms with Crippen molar-refractivity contribution >= 4 is 17.4 Å². The highest BCUT2D eigenvalue weighted by molar-refractivity contribution is 6.33. The molecular weight excluding hydrogens is 276 g/mol. The Morgan fingerprint density at radius 1 is 1.45 bits per heavy atom. The summed E-state index contributed by atoms with van der Waals surface area (Å²) in [6.45, 7) is 1.13. The number of ketones is 1. The highest BCUT2D eigenvalue weighted by Gasteiger charge is 2.67. The molecule has 4 unspecified atom stereocenters. The van der Waals surface area contributed by atoms with Gasteiger partial charge in [0.25, 0.3) is 0 Å². The molecule has 108 valence electrons. The van der Waals surface area contributed by atoms with Crippen LogP contribution in [0.3, 0.4) is 0 Å². The van der Waals surface area contributed by atoms with Gasteiger partial charge in [0, 0.05) is 13.0 Å². The van der Waals surface area contributed by atoms with E-state index in [4.69, 9.17) is 16.3 Å². The van der Waals surface area contributed by atoms with Crippen LogP contribution < -0.4 is 0 Å². The van der Waals surface area contributed by atoms with Crippen LogP contribution in [0, 0.1) is 29.6 Å². The quantitative estimate of drug-likeness (QED) is 0.784. The van der Waals surface area contributed by atoms with Crippen molar-refractivity contribution in [3.8, 4) is 0 Å². The first-order valence-electron chi connectivity index (χ1n) is 7.47. The van der Waals surface area contributed by atoms with Crippen LogP contribution in [-0.4, -0.2) is 29.3 Å². The van der Waals surface area contributed by atoms with E-state index in [0.29, 0.717) is 35.7 Å². The van der Waals surface area contributed by atoms with Crippen LogP contribution in [0.25, 0.3) is 0 Å². The number of halogens is 1. The number of nitrogens with zero attached hydrogens (tertiary/aromatic N) is 2. The van der Waals surface area contributed by atoms with Crippen LogP contribution in [0.1, 0.15) is 29.8 Å². The van der Waals surface area contributed by atoms with E-state index in [2.05, 4.69) is 5.10 Å². The van der Waals surface area contributed by atoms with Crippen LogP contribution in [0.4, 0.5) is 0 Å². The Labute approximate surface area is 123 Å². The summed E-state index contributed by atoms with van der Waals surface area (Å²) in [5.41, 5.74) is 0.600. The lowest BCUT2D eigenvalue weighted by Crippen LogP contribution is -2.18. The van der Waals surface area contributed by atoms with Gasteiger partial charge in [-0.25, -0.2) is 0 Å². The molecule has 20 heavy (non-hydrogen) atoms. The zero-order valence-electron chi connectivity index (χ0n) is 11.6. The average Bonchev–Trinajstić information content (AvgIpc) is 2.75. The number of Topliss-reactive ketones (excluding diaryl/α,β-unsaturated/α-hetero) is 1. The number of fused-ring (bicyclic) bond motifs is 5. The molecule has 3 aliphatic rings. The molecule has 0 amide bonds. The molecule has 4 rings (SSSR count). The minimum atomic E-state index is 0.218. The van der Waals surface area contributed by atoms with Gasteiger partial charge in [0.05, 0.1) is 24.4 Å². The minimum absolute atomic E-state index is 0.218. The Morgan fingerprint density at radius 2 is 2.15 bits per heavy atom. The molecule has 1 aromatic rings. The summed E-state index contributed by atoms with van der Waals surface area (Å²) in [6.07, 6.45) is 5.59. The maximum Gasteiger partial charge on any atom is 0.186 e. The average molecular weight is 295 g/mol. The Morgan fingerprint density at radius 3 is 2.80 bits per heavy atom. The van der Waals surface area contributed by atoms with E-state index in [1.165, 1.54) is 19.3 Å². The van der Waals surface area contributed by atoms with E-state index in [1.54, 1.807) is 18.0 Å². The maximum absolute atomic E-state index is 12.8. The predicted molar refractivity (Wildman–Crippen MR) is 74.7 cm³/mol. The van der Waals surface area contributed by atoms with E-state index < -0.39 is 0 Å². The summed E-state index contributed by atoms with van der Waals surface area (Å²) in [7, 11) is 1.65. The van der Waals surface area contributed by atoms with Crippen molar-refractivity contribution in [3.05, 3.63) is 16.9 Å². The number of carbonyl (C=O) groups excluding carboxylic acids is 1. The van der Waals surface area contributed by atoms with E-state index in [9.17, 15) is 4.79 Å². The van der Waals surface area contributed by atoms with Crippen LogP contribution in [0.2, 0.25) is 5.02 Å². The second-order valence-corrected chi connectivity index (χ2v) is 6.84. The Bertz CT molecular complexity index is 540. The van der Waals surface area contributed by atoms with E-state index in [-0.39, 0.29) is 11.7 Å². The molecule has 3 saturated carbocycles. The van der Waals surface area contributed by atoms with Crippen LogP contribution in [0.15, 0.2) is 6.20 Å². The third kappa shape index (κ3) is 1.70. The Kier molecular flexibility index (Phi) is 2.93. The van der Waals surface area contributed by atoms with Gasteiger partial charge >= 0.3 is 0 Å². The molecule has 0 aromatic carbocycles. The molecule has 0 radical (unpaired) electrons. The van der Waals surface area contributed by atoms with Gasteiger partial charge in [0.2, 0.25) is 0 Å². The topological polar surface area (TPSA) is 44.1 Å². The predicted octanol–water partition coefficient (Wildman–Crippen LogP) is 2.66. The zero-order valence-corrected chi connectivity index (χ0v) is 12.3. The summed E-state index contributed by atoms with van der Waals surface area (Å²) in [6, 6.07) is 0. The fourth-order valence-electron chi connectivity index (χ4n) is 4.79. The van der Waals surface area contributed by atoms with Crippen molar-refractivity contribution in [3.63, 3.8) is 0 Å². The number of methoxy groups -OCH3 is 1. The number of rotatable bonds is 5. The standard InChI is InChI=1S/C15H19ClN2O2/c1-20-5-4-18-14(10(16)7-17-18)15(19)13-11-8-2-3-9(6-8)12(11)13/h7-9,11-13H,2-6H2,1H3. The molecule has 4 atom stereocenters. The lowest BCUT2D eigenvalue weighted by atomic mass is 9.98. The third-order valence-corrected chi connectivity index (χ3v) is 5.85. The van der Waals surface area contributed by atoms with Crippen LogP contribution in [0.5, 0.6) is 0 Å². The van der Waals surface area contributed by atoms with E-state index in [0.717, 1.165) is 11.8 Å². The highest BCUT2D eigenvalue weighted by atomic mass is 35.5. The van der Waals surface area contributed by atoms with Gasteiger partial charge in [-0.15, -0.1) is 0 Å². The van der Waals surface area contributed by atoms with Gasteiger partial charge in [-0.2, -0.15) is 5.10 Å². The molecule has 0 saturated heterocycles.